The molecule has 1 fully saturated rings. The fraction of sp³-hybridized carbons (Fsp3) is 0.688. The van der Waals surface area contributed by atoms with E-state index in [9.17, 15) is 13.5 Å². The number of nitrogens with zero attached hydrogens (tertiary/aromatic N) is 2. The Labute approximate surface area is 154 Å². The minimum atomic E-state index is -3.38. The molecule has 0 amide bonds. The van der Waals surface area contributed by atoms with E-state index in [0.29, 0.717) is 16.8 Å². The molecule has 1 aromatic rings. The van der Waals surface area contributed by atoms with Crippen molar-refractivity contribution < 1.29 is 13.5 Å². The van der Waals surface area contributed by atoms with Gasteiger partial charge in [-0.05, 0) is 44.7 Å². The van der Waals surface area contributed by atoms with Crippen molar-refractivity contribution in [1.82, 2.24) is 14.9 Å². The number of nitrogens with one attached hydrogen (secondary N) is 2. The maximum Gasteiger partial charge on any atom is 0.252 e. The van der Waals surface area contributed by atoms with Crippen molar-refractivity contribution in [3.63, 3.8) is 0 Å². The van der Waals surface area contributed by atoms with E-state index in [1.807, 2.05) is 13.0 Å². The predicted molar refractivity (Wildman–Crippen MR) is 101 cm³/mol. The Morgan fingerprint density at radius 2 is 2.00 bits per heavy atom. The SMILES string of the molecule is CCNC(=NCc1ccc(S(=O)(=O)N(C)C)s1)NC1CCC(O)CC1. The summed E-state index contributed by atoms with van der Waals surface area (Å²) in [4.78, 5) is 5.47. The van der Waals surface area contributed by atoms with Crippen LogP contribution in [0.4, 0.5) is 0 Å². The highest BCUT2D eigenvalue weighted by Crippen LogP contribution is 2.24. The van der Waals surface area contributed by atoms with Gasteiger partial charge in [0, 0.05) is 31.6 Å². The standard InChI is InChI=1S/C16H28N4O3S2/c1-4-17-16(19-12-5-7-13(21)8-6-12)18-11-14-9-10-15(24-14)25(22,23)20(2)3/h9-10,12-13,21H,4-8,11H2,1-3H3,(H2,17,18,19). The second-order valence-corrected chi connectivity index (χ2v) is 9.90. The minimum Gasteiger partial charge on any atom is -0.393 e. The van der Waals surface area contributed by atoms with Gasteiger partial charge in [-0.3, -0.25) is 0 Å². The molecule has 0 atom stereocenters. The average molecular weight is 389 g/mol. The van der Waals surface area contributed by atoms with Crippen molar-refractivity contribution in [1.29, 1.82) is 0 Å². The molecule has 0 unspecified atom stereocenters. The highest BCUT2D eigenvalue weighted by Gasteiger charge is 2.21. The van der Waals surface area contributed by atoms with Crippen LogP contribution in [0.15, 0.2) is 21.3 Å². The zero-order chi connectivity index (χ0) is 18.4. The number of hydrogen-bond acceptors (Lipinski definition) is 5. The van der Waals surface area contributed by atoms with Gasteiger partial charge in [-0.25, -0.2) is 17.7 Å². The molecule has 7 nitrogen and oxygen atoms in total. The fourth-order valence-corrected chi connectivity index (χ4v) is 5.10. The Morgan fingerprint density at radius 1 is 1.32 bits per heavy atom. The summed E-state index contributed by atoms with van der Waals surface area (Å²) in [6.07, 6.45) is 3.30. The van der Waals surface area contributed by atoms with E-state index in [-0.39, 0.29) is 6.10 Å². The van der Waals surface area contributed by atoms with Gasteiger partial charge < -0.3 is 15.7 Å². The van der Waals surface area contributed by atoms with E-state index in [1.54, 1.807) is 6.07 Å². The van der Waals surface area contributed by atoms with Crippen LogP contribution in [0.3, 0.4) is 0 Å². The van der Waals surface area contributed by atoms with Crippen molar-refractivity contribution in [3.05, 3.63) is 17.0 Å². The van der Waals surface area contributed by atoms with Crippen molar-refractivity contribution in [3.8, 4) is 0 Å². The van der Waals surface area contributed by atoms with Crippen LogP contribution in [0.1, 0.15) is 37.5 Å². The number of rotatable bonds is 6. The maximum atomic E-state index is 12.1. The van der Waals surface area contributed by atoms with Gasteiger partial charge in [-0.2, -0.15) is 0 Å². The van der Waals surface area contributed by atoms with Crippen LogP contribution >= 0.6 is 11.3 Å². The molecule has 0 spiro atoms. The molecular formula is C16H28N4O3S2. The number of thiophene rings is 1. The molecule has 1 saturated carbocycles. The first kappa shape index (κ1) is 20.2. The molecule has 0 bridgehead atoms. The number of sulfonamides is 1. The molecule has 0 aromatic carbocycles. The van der Waals surface area contributed by atoms with Crippen LogP contribution in [0.25, 0.3) is 0 Å². The molecule has 25 heavy (non-hydrogen) atoms. The first-order chi connectivity index (χ1) is 11.8. The lowest BCUT2D eigenvalue weighted by Gasteiger charge is -2.27. The lowest BCUT2D eigenvalue weighted by Crippen LogP contribution is -2.45. The summed E-state index contributed by atoms with van der Waals surface area (Å²) in [5.41, 5.74) is 0. The minimum absolute atomic E-state index is 0.180. The summed E-state index contributed by atoms with van der Waals surface area (Å²) in [7, 11) is -0.326. The lowest BCUT2D eigenvalue weighted by atomic mass is 9.93. The molecule has 1 heterocycles. The van der Waals surface area contributed by atoms with Crippen LogP contribution in [0.5, 0.6) is 0 Å². The molecule has 0 radical (unpaired) electrons. The number of aliphatic imine (C=N–C) groups is 1. The normalized spacial score (nSPS) is 22.2. The number of aliphatic hydroxyl groups excluding tert-OH is 1. The van der Waals surface area contributed by atoms with Crippen molar-refractivity contribution in [2.75, 3.05) is 20.6 Å². The molecule has 0 saturated heterocycles. The molecule has 2 rings (SSSR count). The maximum absolute atomic E-state index is 12.1. The van der Waals surface area contributed by atoms with E-state index in [2.05, 4.69) is 15.6 Å². The molecule has 1 aromatic heterocycles. The van der Waals surface area contributed by atoms with Gasteiger partial charge in [-0.1, -0.05) is 0 Å². The van der Waals surface area contributed by atoms with Crippen LogP contribution in [0.2, 0.25) is 0 Å². The summed E-state index contributed by atoms with van der Waals surface area (Å²) >= 11 is 1.25. The highest BCUT2D eigenvalue weighted by atomic mass is 32.2. The monoisotopic (exact) mass is 388 g/mol. The molecule has 1 aliphatic rings. The fourth-order valence-electron chi connectivity index (χ4n) is 2.65. The van der Waals surface area contributed by atoms with Gasteiger partial charge in [0.2, 0.25) is 0 Å². The Morgan fingerprint density at radius 3 is 2.60 bits per heavy atom. The smallest absolute Gasteiger partial charge is 0.252 e. The summed E-state index contributed by atoms with van der Waals surface area (Å²) in [5, 5.41) is 16.2. The number of hydrogen-bond donors (Lipinski definition) is 3. The third-order valence-electron chi connectivity index (χ3n) is 4.15. The average Bonchev–Trinajstić information content (AvgIpc) is 3.04. The lowest BCUT2D eigenvalue weighted by molar-refractivity contribution is 0.120. The number of guanidine groups is 1. The summed E-state index contributed by atoms with van der Waals surface area (Å²) in [5.74, 6) is 0.731. The topological polar surface area (TPSA) is 94.0 Å². The van der Waals surface area contributed by atoms with Crippen LogP contribution in [-0.4, -0.2) is 56.6 Å². The van der Waals surface area contributed by atoms with Gasteiger partial charge in [0.15, 0.2) is 5.96 Å². The zero-order valence-electron chi connectivity index (χ0n) is 15.0. The van der Waals surface area contributed by atoms with Gasteiger partial charge in [-0.15, -0.1) is 11.3 Å². The summed E-state index contributed by atoms with van der Waals surface area (Å²) in [6, 6.07) is 3.76. The Bertz CT molecular complexity index is 677. The van der Waals surface area contributed by atoms with Crippen molar-refractivity contribution in [2.45, 2.75) is 55.5 Å². The summed E-state index contributed by atoms with van der Waals surface area (Å²) in [6.45, 7) is 3.19. The Kier molecular flexibility index (Phi) is 7.24. The first-order valence-corrected chi connectivity index (χ1v) is 10.8. The quantitative estimate of drug-likeness (QED) is 0.505. The van der Waals surface area contributed by atoms with E-state index in [1.165, 1.54) is 29.7 Å². The summed E-state index contributed by atoms with van der Waals surface area (Å²) < 4.78 is 25.8. The molecule has 3 N–H and O–H groups in total. The Hall–Kier alpha value is -1.16. The predicted octanol–water partition coefficient (Wildman–Crippen LogP) is 1.36. The van der Waals surface area contributed by atoms with Crippen molar-refractivity contribution >= 4 is 27.3 Å². The van der Waals surface area contributed by atoms with Gasteiger partial charge in [0.05, 0.1) is 12.6 Å². The molecule has 9 heteroatoms. The van der Waals surface area contributed by atoms with E-state index >= 15 is 0 Å². The van der Waals surface area contributed by atoms with Gasteiger partial charge in [0.1, 0.15) is 4.21 Å². The van der Waals surface area contributed by atoms with Crippen LogP contribution < -0.4 is 10.6 Å². The third kappa shape index (κ3) is 5.67. The molecule has 142 valence electrons. The van der Waals surface area contributed by atoms with Gasteiger partial charge >= 0.3 is 0 Å². The second kappa shape index (κ2) is 8.98. The number of aliphatic hydroxyl groups is 1. The molecular weight excluding hydrogens is 360 g/mol. The molecule has 1 aliphatic carbocycles. The van der Waals surface area contributed by atoms with E-state index in [4.69, 9.17) is 0 Å². The van der Waals surface area contributed by atoms with Crippen LogP contribution in [-0.2, 0) is 16.6 Å². The van der Waals surface area contributed by atoms with E-state index in [0.717, 1.165) is 43.1 Å². The highest BCUT2D eigenvalue weighted by molar-refractivity contribution is 7.91. The second-order valence-electron chi connectivity index (χ2n) is 6.35. The zero-order valence-corrected chi connectivity index (χ0v) is 16.7. The largest absolute Gasteiger partial charge is 0.393 e. The van der Waals surface area contributed by atoms with Crippen LogP contribution in [0, 0.1) is 0 Å². The molecule has 0 aliphatic heterocycles. The third-order valence-corrected chi connectivity index (χ3v) is 7.50. The van der Waals surface area contributed by atoms with E-state index < -0.39 is 10.0 Å². The van der Waals surface area contributed by atoms with Crippen molar-refractivity contribution in [2.24, 2.45) is 4.99 Å². The first-order valence-electron chi connectivity index (χ1n) is 8.57. The van der Waals surface area contributed by atoms with Gasteiger partial charge in [0.25, 0.3) is 10.0 Å². The Balaban J connectivity index is 2.00.